The van der Waals surface area contributed by atoms with E-state index in [0.717, 1.165) is 35.6 Å². The first-order valence-corrected chi connectivity index (χ1v) is 10.8. The number of aliphatic hydroxyl groups is 1. The number of aryl methyl sites for hydroxylation is 3. The van der Waals surface area contributed by atoms with Gasteiger partial charge < -0.3 is 10.4 Å². The molecule has 3 aromatic rings. The third kappa shape index (κ3) is 4.86. The maximum absolute atomic E-state index is 12.8. The number of para-hydroxylation sites is 1. The molecule has 1 saturated heterocycles. The van der Waals surface area contributed by atoms with Crippen LogP contribution in [-0.2, 0) is 4.79 Å². The fraction of sp³-hybridized carbons (Fsp3) is 0.360. The van der Waals surface area contributed by atoms with E-state index in [1.54, 1.807) is 4.68 Å². The van der Waals surface area contributed by atoms with Gasteiger partial charge in [-0.1, -0.05) is 24.3 Å². The average Bonchev–Trinajstić information content (AvgIpc) is 3.16. The van der Waals surface area contributed by atoms with Crippen molar-refractivity contribution >= 4 is 11.7 Å². The molecule has 0 saturated carbocycles. The van der Waals surface area contributed by atoms with E-state index in [9.17, 15) is 9.90 Å². The zero-order valence-electron chi connectivity index (χ0n) is 18.4. The summed E-state index contributed by atoms with van der Waals surface area (Å²) in [6.07, 6.45) is 1.18. The van der Waals surface area contributed by atoms with E-state index in [0.29, 0.717) is 25.2 Å². The lowest BCUT2D eigenvalue weighted by Gasteiger charge is -2.28. The number of nitrogens with one attached hydrogen (secondary N) is 1. The SMILES string of the molecule is Cc1cc(C)c(-c2cc(NC(=O)CN3CCC(O)CC3)n(-c3ccccc3)n2)cc1C. The molecule has 0 spiro atoms. The van der Waals surface area contributed by atoms with Crippen molar-refractivity contribution in [3.05, 3.63) is 65.2 Å². The van der Waals surface area contributed by atoms with Crippen LogP contribution in [0.5, 0.6) is 0 Å². The van der Waals surface area contributed by atoms with Crippen LogP contribution in [0.2, 0.25) is 0 Å². The Morgan fingerprint density at radius 3 is 2.42 bits per heavy atom. The van der Waals surface area contributed by atoms with Gasteiger partial charge in [0.2, 0.25) is 5.91 Å². The molecule has 1 amide bonds. The molecule has 31 heavy (non-hydrogen) atoms. The summed E-state index contributed by atoms with van der Waals surface area (Å²) in [6, 6.07) is 16.1. The van der Waals surface area contributed by atoms with E-state index in [2.05, 4.69) is 43.1 Å². The number of hydrogen-bond acceptors (Lipinski definition) is 4. The zero-order valence-corrected chi connectivity index (χ0v) is 18.4. The number of nitrogens with zero attached hydrogens (tertiary/aromatic N) is 3. The van der Waals surface area contributed by atoms with E-state index < -0.39 is 0 Å². The number of aromatic nitrogens is 2. The quantitative estimate of drug-likeness (QED) is 0.660. The molecule has 162 valence electrons. The smallest absolute Gasteiger partial charge is 0.239 e. The number of amides is 1. The van der Waals surface area contributed by atoms with Gasteiger partial charge in [0, 0.05) is 24.7 Å². The summed E-state index contributed by atoms with van der Waals surface area (Å²) < 4.78 is 1.79. The molecule has 1 fully saturated rings. The maximum atomic E-state index is 12.8. The molecule has 0 bridgehead atoms. The summed E-state index contributed by atoms with van der Waals surface area (Å²) in [5, 5.41) is 17.6. The second-order valence-corrected chi connectivity index (χ2v) is 8.47. The highest BCUT2D eigenvalue weighted by molar-refractivity contribution is 5.92. The molecule has 2 aromatic carbocycles. The molecule has 6 heteroatoms. The molecule has 1 aliphatic heterocycles. The fourth-order valence-corrected chi connectivity index (χ4v) is 4.07. The second kappa shape index (κ2) is 9.04. The molecule has 4 rings (SSSR count). The third-order valence-electron chi connectivity index (χ3n) is 6.02. The molecule has 1 aliphatic rings. The zero-order chi connectivity index (χ0) is 22.0. The van der Waals surface area contributed by atoms with Crippen LogP contribution in [-0.4, -0.2) is 51.4 Å². The monoisotopic (exact) mass is 418 g/mol. The van der Waals surface area contributed by atoms with E-state index in [4.69, 9.17) is 5.10 Å². The minimum atomic E-state index is -0.248. The van der Waals surface area contributed by atoms with Crippen molar-refractivity contribution in [2.75, 3.05) is 25.0 Å². The fourth-order valence-electron chi connectivity index (χ4n) is 4.07. The van der Waals surface area contributed by atoms with Crippen molar-refractivity contribution < 1.29 is 9.90 Å². The first-order chi connectivity index (χ1) is 14.9. The van der Waals surface area contributed by atoms with Crippen LogP contribution in [0.15, 0.2) is 48.5 Å². The predicted molar refractivity (Wildman–Crippen MR) is 124 cm³/mol. The molecule has 1 aromatic heterocycles. The Labute approximate surface area is 183 Å². The van der Waals surface area contributed by atoms with Gasteiger partial charge in [-0.15, -0.1) is 0 Å². The van der Waals surface area contributed by atoms with Crippen molar-refractivity contribution in [2.45, 2.75) is 39.7 Å². The van der Waals surface area contributed by atoms with Gasteiger partial charge in [-0.05, 0) is 68.5 Å². The third-order valence-corrected chi connectivity index (χ3v) is 6.02. The number of carbonyl (C=O) groups is 1. The molecular formula is C25H30N4O2. The Morgan fingerprint density at radius 2 is 1.71 bits per heavy atom. The van der Waals surface area contributed by atoms with E-state index in [1.807, 2.05) is 36.4 Å². The van der Waals surface area contributed by atoms with Crippen molar-refractivity contribution in [2.24, 2.45) is 0 Å². The highest BCUT2D eigenvalue weighted by Gasteiger charge is 2.21. The van der Waals surface area contributed by atoms with Gasteiger partial charge in [0.15, 0.2) is 0 Å². The van der Waals surface area contributed by atoms with Gasteiger partial charge >= 0.3 is 0 Å². The van der Waals surface area contributed by atoms with Crippen LogP contribution in [0.25, 0.3) is 16.9 Å². The summed E-state index contributed by atoms with van der Waals surface area (Å²) in [5.41, 5.74) is 6.42. The Hall–Kier alpha value is -2.96. The highest BCUT2D eigenvalue weighted by Crippen LogP contribution is 2.29. The Bertz CT molecular complexity index is 1070. The largest absolute Gasteiger partial charge is 0.393 e. The number of anilines is 1. The Kier molecular flexibility index (Phi) is 6.20. The molecule has 0 radical (unpaired) electrons. The van der Waals surface area contributed by atoms with Crippen LogP contribution in [0, 0.1) is 20.8 Å². The van der Waals surface area contributed by atoms with Crippen LogP contribution in [0.3, 0.4) is 0 Å². The van der Waals surface area contributed by atoms with Crippen LogP contribution in [0.4, 0.5) is 5.82 Å². The molecule has 6 nitrogen and oxygen atoms in total. The number of rotatable bonds is 5. The molecule has 0 unspecified atom stereocenters. The number of aliphatic hydroxyl groups excluding tert-OH is 1. The number of piperidine rings is 1. The van der Waals surface area contributed by atoms with Gasteiger partial charge in [-0.2, -0.15) is 5.10 Å². The lowest BCUT2D eigenvalue weighted by molar-refractivity contribution is -0.117. The number of carbonyl (C=O) groups excluding carboxylic acids is 1. The van der Waals surface area contributed by atoms with Crippen LogP contribution in [0.1, 0.15) is 29.5 Å². The van der Waals surface area contributed by atoms with Crippen molar-refractivity contribution in [1.82, 2.24) is 14.7 Å². The Balaban J connectivity index is 1.63. The van der Waals surface area contributed by atoms with Gasteiger partial charge in [-0.3, -0.25) is 9.69 Å². The van der Waals surface area contributed by atoms with Gasteiger partial charge in [0.05, 0.1) is 24.0 Å². The topological polar surface area (TPSA) is 70.4 Å². The standard InChI is InChI=1S/C25H30N4O2/c1-17-13-19(3)22(14-18(17)2)23-15-24(29(27-23)20-7-5-4-6-8-20)26-25(31)16-28-11-9-21(30)10-12-28/h4-8,13-15,21,30H,9-12,16H2,1-3H3,(H,26,31). The van der Waals surface area contributed by atoms with E-state index >= 15 is 0 Å². The molecule has 2 heterocycles. The van der Waals surface area contributed by atoms with Gasteiger partial charge in [0.25, 0.3) is 0 Å². The minimum absolute atomic E-state index is 0.0724. The highest BCUT2D eigenvalue weighted by atomic mass is 16.3. The second-order valence-electron chi connectivity index (χ2n) is 8.47. The van der Waals surface area contributed by atoms with Crippen molar-refractivity contribution in [3.63, 3.8) is 0 Å². The van der Waals surface area contributed by atoms with Crippen LogP contribution >= 0.6 is 0 Å². The first kappa shape index (κ1) is 21.3. The molecule has 0 atom stereocenters. The lowest BCUT2D eigenvalue weighted by atomic mass is 9.99. The lowest BCUT2D eigenvalue weighted by Crippen LogP contribution is -2.40. The number of hydrogen-bond donors (Lipinski definition) is 2. The Morgan fingerprint density at radius 1 is 1.03 bits per heavy atom. The normalized spacial score (nSPS) is 15.2. The summed E-state index contributed by atoms with van der Waals surface area (Å²) in [7, 11) is 0. The van der Waals surface area contributed by atoms with Gasteiger partial charge in [-0.25, -0.2) is 4.68 Å². The summed E-state index contributed by atoms with van der Waals surface area (Å²) in [4.78, 5) is 14.9. The van der Waals surface area contributed by atoms with E-state index in [-0.39, 0.29) is 12.0 Å². The molecule has 2 N–H and O–H groups in total. The van der Waals surface area contributed by atoms with Crippen molar-refractivity contribution in [3.8, 4) is 16.9 Å². The molecular weight excluding hydrogens is 388 g/mol. The van der Waals surface area contributed by atoms with Crippen molar-refractivity contribution in [1.29, 1.82) is 0 Å². The minimum Gasteiger partial charge on any atom is -0.393 e. The summed E-state index contributed by atoms with van der Waals surface area (Å²) in [5.74, 6) is 0.581. The maximum Gasteiger partial charge on any atom is 0.239 e. The van der Waals surface area contributed by atoms with E-state index in [1.165, 1.54) is 11.1 Å². The van der Waals surface area contributed by atoms with Gasteiger partial charge in [0.1, 0.15) is 5.82 Å². The number of benzene rings is 2. The van der Waals surface area contributed by atoms with Crippen LogP contribution < -0.4 is 5.32 Å². The summed E-state index contributed by atoms with van der Waals surface area (Å²) >= 11 is 0. The average molecular weight is 419 g/mol. The predicted octanol–water partition coefficient (Wildman–Crippen LogP) is 3.86. The summed E-state index contributed by atoms with van der Waals surface area (Å²) in [6.45, 7) is 8.08. The number of likely N-dealkylation sites (tertiary alicyclic amines) is 1. The molecule has 0 aliphatic carbocycles. The first-order valence-electron chi connectivity index (χ1n) is 10.8.